The fourth-order valence-electron chi connectivity index (χ4n) is 2.56. The monoisotopic (exact) mass is 338 g/mol. The summed E-state index contributed by atoms with van der Waals surface area (Å²) in [6.45, 7) is 0. The predicted molar refractivity (Wildman–Crippen MR) is 100 cm³/mol. The van der Waals surface area contributed by atoms with Gasteiger partial charge in [-0.25, -0.2) is 0 Å². The highest BCUT2D eigenvalue weighted by molar-refractivity contribution is 6.48. The third-order valence-electron chi connectivity index (χ3n) is 3.75. The van der Waals surface area contributed by atoms with E-state index in [4.69, 9.17) is 23.2 Å². The van der Waals surface area contributed by atoms with Gasteiger partial charge in [0.2, 0.25) is 0 Å². The van der Waals surface area contributed by atoms with E-state index < -0.39 is 0 Å². The normalized spacial score (nSPS) is 12.9. The molecule has 0 spiro atoms. The second-order valence-corrected chi connectivity index (χ2v) is 6.16. The Morgan fingerprint density at radius 2 is 1.22 bits per heavy atom. The average Bonchev–Trinajstić information content (AvgIpc) is 2.62. The van der Waals surface area contributed by atoms with Crippen molar-refractivity contribution in [3.05, 3.63) is 113 Å². The minimum Gasteiger partial charge on any atom is -0.0843 e. The molecular formula is C21H16Cl2. The maximum atomic E-state index is 6.57. The molecule has 0 amide bonds. The Balaban J connectivity index is 2.04. The Bertz CT molecular complexity index is 775. The lowest BCUT2D eigenvalue weighted by molar-refractivity contribution is 1.03. The minimum absolute atomic E-state index is 0.0844. The number of hydrogen-bond acceptors (Lipinski definition) is 0. The molecule has 0 saturated heterocycles. The van der Waals surface area contributed by atoms with Crippen LogP contribution in [0.2, 0.25) is 5.02 Å². The van der Waals surface area contributed by atoms with Gasteiger partial charge in [-0.3, -0.25) is 0 Å². The van der Waals surface area contributed by atoms with Gasteiger partial charge in [0.1, 0.15) is 0 Å². The third kappa shape index (κ3) is 4.04. The molecule has 0 aliphatic rings. The second-order valence-electron chi connectivity index (χ2n) is 5.32. The first-order valence-electron chi connectivity index (χ1n) is 7.47. The van der Waals surface area contributed by atoms with Gasteiger partial charge >= 0.3 is 0 Å². The maximum Gasteiger partial charge on any atom is 0.0448 e. The van der Waals surface area contributed by atoms with Crippen LogP contribution in [0.1, 0.15) is 22.6 Å². The molecule has 0 saturated carbocycles. The van der Waals surface area contributed by atoms with Crippen molar-refractivity contribution < 1.29 is 0 Å². The van der Waals surface area contributed by atoms with Crippen molar-refractivity contribution in [1.29, 1.82) is 0 Å². The zero-order valence-electron chi connectivity index (χ0n) is 12.5. The lowest BCUT2D eigenvalue weighted by atomic mass is 9.90. The van der Waals surface area contributed by atoms with Crippen LogP contribution in [0.4, 0.5) is 0 Å². The first-order chi connectivity index (χ1) is 11.2. The van der Waals surface area contributed by atoms with E-state index in [-0.39, 0.29) is 5.92 Å². The van der Waals surface area contributed by atoms with Crippen molar-refractivity contribution in [1.82, 2.24) is 0 Å². The molecule has 3 rings (SSSR count). The van der Waals surface area contributed by atoms with E-state index in [9.17, 15) is 0 Å². The molecule has 0 aromatic heterocycles. The zero-order chi connectivity index (χ0) is 16.1. The van der Waals surface area contributed by atoms with Gasteiger partial charge in [-0.05, 0) is 28.8 Å². The molecule has 0 fully saturated rings. The Hall–Kier alpha value is -2.02. The lowest BCUT2D eigenvalue weighted by Crippen LogP contribution is -1.98. The smallest absolute Gasteiger partial charge is 0.0448 e. The first-order valence-corrected chi connectivity index (χ1v) is 8.23. The summed E-state index contributed by atoms with van der Waals surface area (Å²) in [6, 6.07) is 28.3. The van der Waals surface area contributed by atoms with Gasteiger partial charge in [0.05, 0.1) is 0 Å². The molecule has 23 heavy (non-hydrogen) atoms. The van der Waals surface area contributed by atoms with Gasteiger partial charge in [-0.2, -0.15) is 0 Å². The first kappa shape index (κ1) is 15.9. The van der Waals surface area contributed by atoms with Crippen molar-refractivity contribution in [2.45, 2.75) is 5.92 Å². The van der Waals surface area contributed by atoms with Crippen LogP contribution in [0.15, 0.2) is 91.0 Å². The van der Waals surface area contributed by atoms with Crippen LogP contribution < -0.4 is 0 Å². The van der Waals surface area contributed by atoms with E-state index in [1.54, 1.807) is 0 Å². The van der Waals surface area contributed by atoms with Crippen molar-refractivity contribution in [3.8, 4) is 0 Å². The molecule has 2 heteroatoms. The topological polar surface area (TPSA) is 0 Å². The highest BCUT2D eigenvalue weighted by Gasteiger charge is 2.13. The highest BCUT2D eigenvalue weighted by Crippen LogP contribution is 2.31. The van der Waals surface area contributed by atoms with E-state index in [0.29, 0.717) is 0 Å². The number of rotatable bonds is 4. The summed E-state index contributed by atoms with van der Waals surface area (Å²) in [7, 11) is 0. The zero-order valence-corrected chi connectivity index (χ0v) is 14.0. The molecule has 0 heterocycles. The van der Waals surface area contributed by atoms with Crippen molar-refractivity contribution >= 4 is 28.2 Å². The van der Waals surface area contributed by atoms with Crippen LogP contribution in [-0.4, -0.2) is 0 Å². The quantitative estimate of drug-likeness (QED) is 0.493. The fraction of sp³-hybridized carbons (Fsp3) is 0.0476. The minimum atomic E-state index is 0.0844. The molecule has 0 aliphatic heterocycles. The molecule has 1 atom stereocenters. The van der Waals surface area contributed by atoms with E-state index >= 15 is 0 Å². The van der Waals surface area contributed by atoms with E-state index in [2.05, 4.69) is 18.2 Å². The molecular weight excluding hydrogens is 323 g/mol. The summed E-state index contributed by atoms with van der Waals surface area (Å²) in [6.07, 6.45) is 2.09. The largest absolute Gasteiger partial charge is 0.0843 e. The number of allylic oxidation sites excluding steroid dienone is 1. The lowest BCUT2D eigenvalue weighted by Gasteiger charge is -2.15. The van der Waals surface area contributed by atoms with Gasteiger partial charge in [0.15, 0.2) is 0 Å². The Labute approximate surface area is 147 Å². The Morgan fingerprint density at radius 3 is 1.83 bits per heavy atom. The average molecular weight is 339 g/mol. The third-order valence-corrected chi connectivity index (χ3v) is 4.35. The molecule has 0 radical (unpaired) electrons. The van der Waals surface area contributed by atoms with Gasteiger partial charge in [0.25, 0.3) is 0 Å². The van der Waals surface area contributed by atoms with Crippen LogP contribution in [0.3, 0.4) is 0 Å². The van der Waals surface area contributed by atoms with Gasteiger partial charge in [0, 0.05) is 16.0 Å². The molecule has 1 unspecified atom stereocenters. The highest BCUT2D eigenvalue weighted by atomic mass is 35.5. The van der Waals surface area contributed by atoms with Gasteiger partial charge in [-0.1, -0.05) is 102 Å². The number of benzene rings is 3. The predicted octanol–water partition coefficient (Wildman–Crippen LogP) is 6.75. The van der Waals surface area contributed by atoms with Gasteiger partial charge in [-0.15, -0.1) is 0 Å². The summed E-state index contributed by atoms with van der Waals surface area (Å²) in [5.74, 6) is 0.0844. The van der Waals surface area contributed by atoms with Crippen molar-refractivity contribution in [2.24, 2.45) is 0 Å². The van der Waals surface area contributed by atoms with Crippen LogP contribution >= 0.6 is 23.2 Å². The van der Waals surface area contributed by atoms with E-state index in [1.807, 2.05) is 72.8 Å². The van der Waals surface area contributed by atoms with Crippen LogP contribution in [-0.2, 0) is 0 Å². The van der Waals surface area contributed by atoms with Gasteiger partial charge < -0.3 is 0 Å². The molecule has 0 nitrogen and oxygen atoms in total. The van der Waals surface area contributed by atoms with Crippen molar-refractivity contribution in [2.75, 3.05) is 0 Å². The number of halogens is 2. The summed E-state index contributed by atoms with van der Waals surface area (Å²) in [4.78, 5) is 0. The van der Waals surface area contributed by atoms with Crippen LogP contribution in [0.5, 0.6) is 0 Å². The van der Waals surface area contributed by atoms with Crippen LogP contribution in [0, 0.1) is 0 Å². The van der Waals surface area contributed by atoms with E-state index in [0.717, 1.165) is 21.2 Å². The summed E-state index contributed by atoms with van der Waals surface area (Å²) >= 11 is 12.6. The molecule has 3 aromatic rings. The van der Waals surface area contributed by atoms with Crippen LogP contribution in [0.25, 0.3) is 5.03 Å². The van der Waals surface area contributed by atoms with E-state index in [1.165, 1.54) is 5.56 Å². The summed E-state index contributed by atoms with van der Waals surface area (Å²) < 4.78 is 0. The number of hydrogen-bond donors (Lipinski definition) is 0. The van der Waals surface area contributed by atoms with Crippen molar-refractivity contribution in [3.63, 3.8) is 0 Å². The second kappa shape index (κ2) is 7.50. The molecule has 0 N–H and O–H groups in total. The molecule has 0 bridgehead atoms. The Morgan fingerprint density at radius 1 is 0.696 bits per heavy atom. The Kier molecular flexibility index (Phi) is 5.17. The molecule has 0 aliphatic carbocycles. The maximum absolute atomic E-state index is 6.57. The summed E-state index contributed by atoms with van der Waals surface area (Å²) in [5, 5.41) is 1.48. The standard InChI is InChI=1S/C21H16Cl2/c22-19-13-11-17(12-14-19)20(16-7-3-1-4-8-16)15-21(23)18-9-5-2-6-10-18/h1-15,20H/b21-15+. The fourth-order valence-corrected chi connectivity index (χ4v) is 2.93. The molecule has 3 aromatic carbocycles. The SMILES string of the molecule is Cl/C(=C/C(c1ccccc1)c1ccc(Cl)cc1)c1ccccc1. The molecule has 114 valence electrons. The summed E-state index contributed by atoms with van der Waals surface area (Å²) in [5.41, 5.74) is 3.38.